The maximum Gasteiger partial charge on any atom is 0.0300 e. The third-order valence-corrected chi connectivity index (χ3v) is 3.86. The quantitative estimate of drug-likeness (QED) is 0.835. The van der Waals surface area contributed by atoms with Gasteiger partial charge in [-0.25, -0.2) is 0 Å². The molecule has 0 radical (unpaired) electrons. The van der Waals surface area contributed by atoms with E-state index in [0.717, 1.165) is 12.0 Å². The minimum Gasteiger partial charge on any atom is -0.307 e. The van der Waals surface area contributed by atoms with Crippen molar-refractivity contribution in [2.75, 3.05) is 0 Å². The average Bonchev–Trinajstić information content (AvgIpc) is 3.04. The largest absolute Gasteiger partial charge is 0.307 e. The molecule has 0 bridgehead atoms. The number of rotatable bonds is 3. The van der Waals surface area contributed by atoms with Crippen LogP contribution in [0.25, 0.3) is 10.8 Å². The van der Waals surface area contributed by atoms with Crippen LogP contribution in [-0.4, -0.2) is 6.04 Å². The smallest absolute Gasteiger partial charge is 0.0300 e. The molecule has 3 atom stereocenters. The molecule has 1 saturated carbocycles. The molecule has 1 aliphatic carbocycles. The second-order valence-corrected chi connectivity index (χ2v) is 5.28. The van der Waals surface area contributed by atoms with Crippen LogP contribution in [0.5, 0.6) is 0 Å². The third kappa shape index (κ3) is 2.07. The lowest BCUT2D eigenvalue weighted by Gasteiger charge is -2.16. The summed E-state index contributed by atoms with van der Waals surface area (Å²) in [6.07, 6.45) is 1.33. The topological polar surface area (TPSA) is 12.0 Å². The Kier molecular flexibility index (Phi) is 2.64. The Morgan fingerprint density at radius 3 is 2.59 bits per heavy atom. The lowest BCUT2D eigenvalue weighted by atomic mass is 9.99. The molecule has 2 aromatic rings. The van der Waals surface area contributed by atoms with Crippen LogP contribution in [0.1, 0.15) is 31.9 Å². The van der Waals surface area contributed by atoms with E-state index in [1.807, 2.05) is 0 Å². The summed E-state index contributed by atoms with van der Waals surface area (Å²) in [6.45, 7) is 4.58. The monoisotopic (exact) mass is 225 g/mol. The van der Waals surface area contributed by atoms with Crippen molar-refractivity contribution in [3.05, 3.63) is 48.0 Å². The molecule has 3 rings (SSSR count). The zero-order valence-electron chi connectivity index (χ0n) is 10.5. The molecule has 0 aromatic heterocycles. The van der Waals surface area contributed by atoms with E-state index in [4.69, 9.17) is 0 Å². The summed E-state index contributed by atoms with van der Waals surface area (Å²) in [5.41, 5.74) is 1.42. The molecule has 0 heterocycles. The molecule has 17 heavy (non-hydrogen) atoms. The van der Waals surface area contributed by atoms with Gasteiger partial charge in [0.2, 0.25) is 0 Å². The SMILES string of the molecule is CC(NC1CC1C)c1cccc2ccccc12. The first kappa shape index (κ1) is 10.8. The van der Waals surface area contributed by atoms with Gasteiger partial charge in [0.05, 0.1) is 0 Å². The summed E-state index contributed by atoms with van der Waals surface area (Å²) in [6, 6.07) is 16.4. The van der Waals surface area contributed by atoms with Crippen LogP contribution in [0, 0.1) is 5.92 Å². The number of nitrogens with one attached hydrogen (secondary N) is 1. The van der Waals surface area contributed by atoms with Gasteiger partial charge in [0.15, 0.2) is 0 Å². The third-order valence-electron chi connectivity index (χ3n) is 3.86. The van der Waals surface area contributed by atoms with E-state index in [0.29, 0.717) is 6.04 Å². The Balaban J connectivity index is 1.93. The van der Waals surface area contributed by atoms with E-state index in [1.54, 1.807) is 0 Å². The van der Waals surface area contributed by atoms with Crippen molar-refractivity contribution in [2.24, 2.45) is 5.92 Å². The van der Waals surface area contributed by atoms with Gasteiger partial charge in [-0.05, 0) is 35.6 Å². The Bertz CT molecular complexity index is 527. The van der Waals surface area contributed by atoms with Crippen LogP contribution in [0.4, 0.5) is 0 Å². The summed E-state index contributed by atoms with van der Waals surface area (Å²) < 4.78 is 0. The standard InChI is InChI=1S/C16H19N/c1-11-10-16(11)17-12(2)14-9-5-7-13-6-3-4-8-15(13)14/h3-9,11-12,16-17H,10H2,1-2H3. The van der Waals surface area contributed by atoms with Crippen molar-refractivity contribution in [1.82, 2.24) is 5.32 Å². The lowest BCUT2D eigenvalue weighted by Crippen LogP contribution is -2.22. The van der Waals surface area contributed by atoms with E-state index in [-0.39, 0.29) is 0 Å². The van der Waals surface area contributed by atoms with Gasteiger partial charge in [0.25, 0.3) is 0 Å². The van der Waals surface area contributed by atoms with Crippen molar-refractivity contribution >= 4 is 10.8 Å². The molecule has 3 unspecified atom stereocenters. The molecular formula is C16H19N. The summed E-state index contributed by atoms with van der Waals surface area (Å²) in [7, 11) is 0. The van der Waals surface area contributed by atoms with Gasteiger partial charge < -0.3 is 5.32 Å². The maximum atomic E-state index is 3.71. The highest BCUT2D eigenvalue weighted by molar-refractivity contribution is 5.86. The minimum absolute atomic E-state index is 0.441. The summed E-state index contributed by atoms with van der Waals surface area (Å²) in [5.74, 6) is 0.854. The maximum absolute atomic E-state index is 3.71. The molecule has 0 amide bonds. The van der Waals surface area contributed by atoms with Gasteiger partial charge in [-0.1, -0.05) is 49.4 Å². The second kappa shape index (κ2) is 4.15. The molecule has 0 aliphatic heterocycles. The second-order valence-electron chi connectivity index (χ2n) is 5.28. The van der Waals surface area contributed by atoms with Gasteiger partial charge in [-0.3, -0.25) is 0 Å². The number of fused-ring (bicyclic) bond motifs is 1. The van der Waals surface area contributed by atoms with Crippen LogP contribution in [0.2, 0.25) is 0 Å². The van der Waals surface area contributed by atoms with E-state index in [1.165, 1.54) is 22.8 Å². The summed E-state index contributed by atoms with van der Waals surface area (Å²) in [5, 5.41) is 6.43. The number of benzene rings is 2. The fourth-order valence-electron chi connectivity index (χ4n) is 2.59. The molecule has 88 valence electrons. The van der Waals surface area contributed by atoms with Crippen molar-refractivity contribution < 1.29 is 0 Å². The molecule has 1 heteroatoms. The van der Waals surface area contributed by atoms with Gasteiger partial charge in [0, 0.05) is 12.1 Å². The zero-order valence-corrected chi connectivity index (χ0v) is 10.5. The van der Waals surface area contributed by atoms with Crippen molar-refractivity contribution in [3.8, 4) is 0 Å². The fraction of sp³-hybridized carbons (Fsp3) is 0.375. The Morgan fingerprint density at radius 1 is 1.12 bits per heavy atom. The van der Waals surface area contributed by atoms with Crippen LogP contribution in [0.15, 0.2) is 42.5 Å². The highest BCUT2D eigenvalue weighted by Crippen LogP contribution is 2.33. The van der Waals surface area contributed by atoms with Gasteiger partial charge in [-0.2, -0.15) is 0 Å². The molecular weight excluding hydrogens is 206 g/mol. The van der Waals surface area contributed by atoms with Gasteiger partial charge >= 0.3 is 0 Å². The van der Waals surface area contributed by atoms with Crippen LogP contribution >= 0.6 is 0 Å². The average molecular weight is 225 g/mol. The molecule has 2 aromatic carbocycles. The van der Waals surface area contributed by atoms with Gasteiger partial charge in [-0.15, -0.1) is 0 Å². The highest BCUT2D eigenvalue weighted by Gasteiger charge is 2.33. The fourth-order valence-corrected chi connectivity index (χ4v) is 2.59. The number of hydrogen-bond acceptors (Lipinski definition) is 1. The molecule has 1 N–H and O–H groups in total. The first-order valence-corrected chi connectivity index (χ1v) is 6.49. The van der Waals surface area contributed by atoms with E-state index < -0.39 is 0 Å². The van der Waals surface area contributed by atoms with Crippen LogP contribution < -0.4 is 5.32 Å². The molecule has 0 spiro atoms. The molecule has 1 aliphatic rings. The van der Waals surface area contributed by atoms with Crippen molar-refractivity contribution in [1.29, 1.82) is 0 Å². The minimum atomic E-state index is 0.441. The molecule has 1 fully saturated rings. The molecule has 0 saturated heterocycles. The highest BCUT2D eigenvalue weighted by atomic mass is 15.0. The Labute approximate surface area is 103 Å². The van der Waals surface area contributed by atoms with Gasteiger partial charge in [0.1, 0.15) is 0 Å². The predicted molar refractivity (Wildman–Crippen MR) is 73.1 cm³/mol. The molecule has 1 nitrogen and oxygen atoms in total. The first-order chi connectivity index (χ1) is 8.25. The first-order valence-electron chi connectivity index (χ1n) is 6.49. The van der Waals surface area contributed by atoms with Crippen molar-refractivity contribution in [2.45, 2.75) is 32.4 Å². The number of hydrogen-bond donors (Lipinski definition) is 1. The lowest BCUT2D eigenvalue weighted by molar-refractivity contribution is 0.555. The summed E-state index contributed by atoms with van der Waals surface area (Å²) in [4.78, 5) is 0. The van der Waals surface area contributed by atoms with Crippen LogP contribution in [-0.2, 0) is 0 Å². The van der Waals surface area contributed by atoms with E-state index >= 15 is 0 Å². The van der Waals surface area contributed by atoms with Crippen molar-refractivity contribution in [3.63, 3.8) is 0 Å². The summed E-state index contributed by atoms with van der Waals surface area (Å²) >= 11 is 0. The Morgan fingerprint density at radius 2 is 1.82 bits per heavy atom. The van der Waals surface area contributed by atoms with E-state index in [9.17, 15) is 0 Å². The normalized spacial score (nSPS) is 24.8. The zero-order chi connectivity index (χ0) is 11.8. The Hall–Kier alpha value is -1.34. The van der Waals surface area contributed by atoms with E-state index in [2.05, 4.69) is 61.6 Å². The predicted octanol–water partition coefficient (Wildman–Crippen LogP) is 3.90. The van der Waals surface area contributed by atoms with Crippen LogP contribution in [0.3, 0.4) is 0 Å².